The van der Waals surface area contributed by atoms with Crippen molar-refractivity contribution in [3.05, 3.63) is 29.8 Å². The van der Waals surface area contributed by atoms with Gasteiger partial charge >= 0.3 is 0 Å². The number of nitrogens with one attached hydrogen (secondary N) is 2. The topological polar surface area (TPSA) is 54.9 Å². The molecule has 0 saturated heterocycles. The monoisotopic (exact) mass is 447 g/mol. The average molecular weight is 447 g/mol. The summed E-state index contributed by atoms with van der Waals surface area (Å²) in [7, 11) is 5.26. The van der Waals surface area contributed by atoms with Crippen LogP contribution in [-0.4, -0.2) is 40.4 Å². The Bertz CT molecular complexity index is 501. The molecule has 0 unspecified atom stereocenters. The predicted molar refractivity (Wildman–Crippen MR) is 109 cm³/mol. The predicted octanol–water partition coefficient (Wildman–Crippen LogP) is 3.19. The van der Waals surface area contributed by atoms with Crippen LogP contribution in [0.3, 0.4) is 0 Å². The highest BCUT2D eigenvalue weighted by molar-refractivity contribution is 14.0. The first-order valence-electron chi connectivity index (χ1n) is 8.28. The minimum atomic E-state index is 0. The van der Waals surface area contributed by atoms with Gasteiger partial charge in [-0.15, -0.1) is 24.0 Å². The first kappa shape index (κ1) is 21.0. The Balaban J connectivity index is 0.00000288. The van der Waals surface area contributed by atoms with Crippen LogP contribution in [0.1, 0.15) is 31.2 Å². The molecule has 136 valence electrons. The molecule has 0 spiro atoms. The summed E-state index contributed by atoms with van der Waals surface area (Å²) in [5.74, 6) is 1.73. The van der Waals surface area contributed by atoms with Gasteiger partial charge in [-0.25, -0.2) is 0 Å². The van der Waals surface area contributed by atoms with Gasteiger partial charge in [-0.1, -0.05) is 18.6 Å². The van der Waals surface area contributed by atoms with E-state index in [0.29, 0.717) is 5.41 Å². The van der Waals surface area contributed by atoms with Crippen molar-refractivity contribution in [2.24, 2.45) is 10.4 Å². The third-order valence-electron chi connectivity index (χ3n) is 4.72. The number of benzene rings is 1. The molecule has 0 aliphatic heterocycles. The van der Waals surface area contributed by atoms with Crippen LogP contribution in [0.4, 0.5) is 0 Å². The molecule has 2 N–H and O–H groups in total. The van der Waals surface area contributed by atoms with E-state index in [1.165, 1.54) is 24.8 Å². The van der Waals surface area contributed by atoms with Gasteiger partial charge in [0, 0.05) is 33.9 Å². The molecule has 0 bridgehead atoms. The Kier molecular flexibility index (Phi) is 9.43. The lowest BCUT2D eigenvalue weighted by molar-refractivity contribution is 0.0732. The second-order valence-corrected chi connectivity index (χ2v) is 6.22. The lowest BCUT2D eigenvalue weighted by Gasteiger charge is -2.42. The molecule has 1 aliphatic rings. The van der Waals surface area contributed by atoms with E-state index in [1.807, 2.05) is 19.2 Å². The number of halogens is 1. The molecule has 24 heavy (non-hydrogen) atoms. The van der Waals surface area contributed by atoms with E-state index in [9.17, 15) is 0 Å². The van der Waals surface area contributed by atoms with E-state index in [4.69, 9.17) is 9.47 Å². The molecule has 6 heteroatoms. The summed E-state index contributed by atoms with van der Waals surface area (Å²) in [4.78, 5) is 4.32. The highest BCUT2D eigenvalue weighted by Crippen LogP contribution is 2.43. The third-order valence-corrected chi connectivity index (χ3v) is 4.72. The largest absolute Gasteiger partial charge is 0.497 e. The fourth-order valence-electron chi connectivity index (χ4n) is 2.93. The summed E-state index contributed by atoms with van der Waals surface area (Å²) >= 11 is 0. The van der Waals surface area contributed by atoms with Crippen LogP contribution in [-0.2, 0) is 11.3 Å². The fourth-order valence-corrected chi connectivity index (χ4v) is 2.93. The molecule has 5 nitrogen and oxygen atoms in total. The molecule has 2 rings (SSSR count). The standard InChI is InChI=1S/C18H29N3O2.HI/c1-19-17(20-13-15-5-7-16(23-3)8-6-15)21-14-18(9-4-10-18)11-12-22-2;/h5-8H,4,9-14H2,1-3H3,(H2,19,20,21);1H. The van der Waals surface area contributed by atoms with E-state index in [2.05, 4.69) is 27.8 Å². The molecule has 0 radical (unpaired) electrons. The fraction of sp³-hybridized carbons (Fsp3) is 0.611. The molecule has 0 amide bonds. The van der Waals surface area contributed by atoms with E-state index in [1.54, 1.807) is 14.2 Å². The van der Waals surface area contributed by atoms with Gasteiger partial charge in [0.15, 0.2) is 5.96 Å². The molecule has 1 aromatic carbocycles. The maximum Gasteiger partial charge on any atom is 0.191 e. The van der Waals surface area contributed by atoms with Crippen LogP contribution in [0.25, 0.3) is 0 Å². The van der Waals surface area contributed by atoms with Gasteiger partial charge in [0.05, 0.1) is 7.11 Å². The van der Waals surface area contributed by atoms with E-state index in [0.717, 1.165) is 37.8 Å². The van der Waals surface area contributed by atoms with Crippen molar-refractivity contribution in [2.75, 3.05) is 34.4 Å². The SMILES string of the molecule is CN=C(NCc1ccc(OC)cc1)NCC1(CCOC)CCC1.I. The van der Waals surface area contributed by atoms with Gasteiger partial charge in [0.2, 0.25) is 0 Å². The quantitative estimate of drug-likeness (QED) is 0.365. The normalized spacial score (nSPS) is 15.9. The van der Waals surface area contributed by atoms with Crippen molar-refractivity contribution in [3.8, 4) is 5.75 Å². The molecule has 0 atom stereocenters. The number of nitrogens with zero attached hydrogens (tertiary/aromatic N) is 1. The summed E-state index contributed by atoms with van der Waals surface area (Å²) in [6.07, 6.45) is 4.99. The van der Waals surface area contributed by atoms with Crippen LogP contribution in [0.5, 0.6) is 5.75 Å². The maximum atomic E-state index is 5.25. The zero-order valence-corrected chi connectivity index (χ0v) is 17.3. The Morgan fingerprint density at radius 3 is 2.38 bits per heavy atom. The molecule has 1 aromatic rings. The highest BCUT2D eigenvalue weighted by atomic mass is 127. The van der Waals surface area contributed by atoms with Gasteiger partial charge in [0.25, 0.3) is 0 Å². The van der Waals surface area contributed by atoms with Crippen LogP contribution >= 0.6 is 24.0 Å². The van der Waals surface area contributed by atoms with Gasteiger partial charge in [-0.3, -0.25) is 4.99 Å². The smallest absolute Gasteiger partial charge is 0.191 e. The second-order valence-electron chi connectivity index (χ2n) is 6.22. The van der Waals surface area contributed by atoms with Crippen molar-refractivity contribution >= 4 is 29.9 Å². The summed E-state index contributed by atoms with van der Waals surface area (Å²) in [6.45, 7) is 2.53. The van der Waals surface area contributed by atoms with Crippen LogP contribution < -0.4 is 15.4 Å². The minimum absolute atomic E-state index is 0. The maximum absolute atomic E-state index is 5.25. The number of methoxy groups -OCH3 is 2. The van der Waals surface area contributed by atoms with Crippen molar-refractivity contribution < 1.29 is 9.47 Å². The number of hydrogen-bond donors (Lipinski definition) is 2. The van der Waals surface area contributed by atoms with Crippen molar-refractivity contribution in [1.82, 2.24) is 10.6 Å². The Hall–Kier alpha value is -1.02. The highest BCUT2D eigenvalue weighted by Gasteiger charge is 2.36. The Morgan fingerprint density at radius 1 is 1.17 bits per heavy atom. The van der Waals surface area contributed by atoms with Gasteiger partial charge in [0.1, 0.15) is 5.75 Å². The lowest BCUT2D eigenvalue weighted by atomic mass is 9.67. The first-order valence-corrected chi connectivity index (χ1v) is 8.28. The molecule has 0 heterocycles. The molecular weight excluding hydrogens is 417 g/mol. The zero-order valence-electron chi connectivity index (χ0n) is 14.9. The van der Waals surface area contributed by atoms with Crippen molar-refractivity contribution in [1.29, 1.82) is 0 Å². The van der Waals surface area contributed by atoms with Gasteiger partial charge in [-0.05, 0) is 42.4 Å². The van der Waals surface area contributed by atoms with Gasteiger partial charge in [-0.2, -0.15) is 0 Å². The zero-order chi connectivity index (χ0) is 16.5. The minimum Gasteiger partial charge on any atom is -0.497 e. The number of ether oxygens (including phenoxy) is 2. The van der Waals surface area contributed by atoms with Crippen LogP contribution in [0.15, 0.2) is 29.3 Å². The summed E-state index contributed by atoms with van der Waals surface area (Å²) in [5.41, 5.74) is 1.58. The Labute approximate surface area is 162 Å². The number of aliphatic imine (C=N–C) groups is 1. The van der Waals surface area contributed by atoms with Gasteiger partial charge < -0.3 is 20.1 Å². The number of rotatable bonds is 8. The molecule has 1 aliphatic carbocycles. The first-order chi connectivity index (χ1) is 11.2. The molecule has 0 aromatic heterocycles. The molecular formula is C18H30IN3O2. The number of hydrogen-bond acceptors (Lipinski definition) is 3. The van der Waals surface area contributed by atoms with Crippen molar-refractivity contribution in [3.63, 3.8) is 0 Å². The number of guanidine groups is 1. The molecule has 1 fully saturated rings. The summed E-state index contributed by atoms with van der Waals surface area (Å²) in [6, 6.07) is 8.07. The summed E-state index contributed by atoms with van der Waals surface area (Å²) < 4.78 is 10.4. The van der Waals surface area contributed by atoms with E-state index >= 15 is 0 Å². The average Bonchev–Trinajstić information content (AvgIpc) is 2.56. The Morgan fingerprint density at radius 2 is 1.88 bits per heavy atom. The van der Waals surface area contributed by atoms with Crippen molar-refractivity contribution in [2.45, 2.75) is 32.2 Å². The third kappa shape index (κ3) is 6.12. The van der Waals surface area contributed by atoms with E-state index < -0.39 is 0 Å². The summed E-state index contributed by atoms with van der Waals surface area (Å²) in [5, 5.41) is 6.84. The van der Waals surface area contributed by atoms with E-state index in [-0.39, 0.29) is 24.0 Å². The van der Waals surface area contributed by atoms with Crippen LogP contribution in [0, 0.1) is 5.41 Å². The molecule has 1 saturated carbocycles. The lowest BCUT2D eigenvalue weighted by Crippen LogP contribution is -2.46. The van der Waals surface area contributed by atoms with Crippen LogP contribution in [0.2, 0.25) is 0 Å². The second kappa shape index (κ2) is 10.8.